The summed E-state index contributed by atoms with van der Waals surface area (Å²) in [5.41, 5.74) is 13.9. The largest absolute Gasteiger partial charge is 0.310 e. The first kappa shape index (κ1) is 38.9. The molecule has 2 nitrogen and oxygen atoms in total. The Morgan fingerprint density at radius 2 is 0.652 bits per heavy atom. The van der Waals surface area contributed by atoms with Crippen LogP contribution in [0.25, 0.3) is 76.5 Å². The van der Waals surface area contributed by atoms with Gasteiger partial charge in [0.15, 0.2) is 0 Å². The van der Waals surface area contributed by atoms with Crippen molar-refractivity contribution < 1.29 is 0 Å². The van der Waals surface area contributed by atoms with Crippen molar-refractivity contribution >= 4 is 77.2 Å². The number of hydrogen-bond donors (Lipinski definition) is 0. The first-order chi connectivity index (χ1) is 32.7. The van der Waals surface area contributed by atoms with E-state index in [2.05, 4.69) is 277 Å². The third-order valence-corrected chi connectivity index (χ3v) is 12.9. The van der Waals surface area contributed by atoms with Gasteiger partial charge in [0, 0.05) is 33.7 Å². The van der Waals surface area contributed by atoms with Gasteiger partial charge in [-0.2, -0.15) is 0 Å². The van der Waals surface area contributed by atoms with E-state index in [0.717, 1.165) is 34.1 Å². The molecule has 0 bridgehead atoms. The molecular formula is C64H44N2. The molecule has 0 saturated heterocycles. The molecule has 0 amide bonds. The summed E-state index contributed by atoms with van der Waals surface area (Å²) < 4.78 is 0. The van der Waals surface area contributed by atoms with Crippen LogP contribution < -0.4 is 9.80 Å². The summed E-state index contributed by atoms with van der Waals surface area (Å²) in [6.45, 7) is 0. The lowest BCUT2D eigenvalue weighted by Crippen LogP contribution is -2.11. The van der Waals surface area contributed by atoms with Crippen LogP contribution in [0.4, 0.5) is 34.1 Å². The van der Waals surface area contributed by atoms with Crippen LogP contribution in [-0.2, 0) is 0 Å². The van der Waals surface area contributed by atoms with Crippen LogP contribution in [0.15, 0.2) is 267 Å². The Morgan fingerprint density at radius 3 is 1.42 bits per heavy atom. The van der Waals surface area contributed by atoms with Gasteiger partial charge in [-0.25, -0.2) is 0 Å². The molecule has 0 N–H and O–H groups in total. The molecule has 12 aromatic rings. The minimum atomic E-state index is 1.11. The van der Waals surface area contributed by atoms with Crippen molar-refractivity contribution in [3.63, 3.8) is 0 Å². The second kappa shape index (κ2) is 16.8. The molecule has 0 atom stereocenters. The number of benzene rings is 12. The molecule has 0 heterocycles. The van der Waals surface area contributed by atoms with E-state index in [-0.39, 0.29) is 0 Å². The van der Waals surface area contributed by atoms with E-state index in [1.54, 1.807) is 0 Å². The molecule has 0 aromatic heterocycles. The van der Waals surface area contributed by atoms with Crippen molar-refractivity contribution in [1.29, 1.82) is 0 Å². The van der Waals surface area contributed by atoms with Crippen LogP contribution in [0.3, 0.4) is 0 Å². The summed E-state index contributed by atoms with van der Waals surface area (Å²) >= 11 is 0. The van der Waals surface area contributed by atoms with Crippen LogP contribution in [0, 0.1) is 0 Å². The molecule has 0 radical (unpaired) electrons. The van der Waals surface area contributed by atoms with E-state index in [1.165, 1.54) is 76.5 Å². The van der Waals surface area contributed by atoms with Gasteiger partial charge >= 0.3 is 0 Å². The number of fused-ring (bicyclic) bond motifs is 4. The highest BCUT2D eigenvalue weighted by atomic mass is 15.1. The van der Waals surface area contributed by atoms with Gasteiger partial charge in [0.05, 0.1) is 11.4 Å². The summed E-state index contributed by atoms with van der Waals surface area (Å²) in [6.07, 6.45) is 0. The molecule has 0 spiro atoms. The van der Waals surface area contributed by atoms with Crippen molar-refractivity contribution in [3.8, 4) is 33.4 Å². The quantitative estimate of drug-likeness (QED) is 0.134. The maximum Gasteiger partial charge on any atom is 0.0540 e. The summed E-state index contributed by atoms with van der Waals surface area (Å²) in [5.74, 6) is 0. The zero-order valence-corrected chi connectivity index (χ0v) is 36.3. The Bertz CT molecular complexity index is 3700. The van der Waals surface area contributed by atoms with Gasteiger partial charge in [-0.3, -0.25) is 0 Å². The molecule has 2 heteroatoms. The first-order valence-electron chi connectivity index (χ1n) is 22.7. The fraction of sp³-hybridized carbons (Fsp3) is 0. The second-order valence-corrected chi connectivity index (χ2v) is 17.0. The lowest BCUT2D eigenvalue weighted by atomic mass is 9.96. The van der Waals surface area contributed by atoms with E-state index in [4.69, 9.17) is 0 Å². The third kappa shape index (κ3) is 7.31. The lowest BCUT2D eigenvalue weighted by Gasteiger charge is -2.28. The Kier molecular flexibility index (Phi) is 9.89. The van der Waals surface area contributed by atoms with Crippen LogP contribution in [-0.4, -0.2) is 0 Å². The van der Waals surface area contributed by atoms with Crippen LogP contribution >= 0.6 is 0 Å². The van der Waals surface area contributed by atoms with Crippen LogP contribution in [0.5, 0.6) is 0 Å². The highest BCUT2D eigenvalue weighted by Crippen LogP contribution is 2.43. The number of hydrogen-bond acceptors (Lipinski definition) is 2. The fourth-order valence-corrected chi connectivity index (χ4v) is 9.67. The molecule has 0 fully saturated rings. The predicted octanol–water partition coefficient (Wildman–Crippen LogP) is 18.2. The van der Waals surface area contributed by atoms with Gasteiger partial charge in [-0.05, 0) is 150 Å². The second-order valence-electron chi connectivity index (χ2n) is 17.0. The standard InChI is InChI=1S/C64H44N2/c1-3-16-47(17-4-1)61-26-11-12-27-63(61)65(57-22-5-2-6-23-57)58-36-33-46(34-37-58)51-29-31-53-42-56-40-52(30-32-54(56)41-55(53)39-51)50-21-13-24-59(44-50)66(60-38-35-45-15-7-8-19-49(45)43-60)64-28-14-20-48-18-9-10-25-62(48)64/h1-44H. The number of para-hydroxylation sites is 2. The molecule has 66 heavy (non-hydrogen) atoms. The predicted molar refractivity (Wildman–Crippen MR) is 282 cm³/mol. The highest BCUT2D eigenvalue weighted by molar-refractivity contribution is 6.03. The van der Waals surface area contributed by atoms with Crippen molar-refractivity contribution in [1.82, 2.24) is 0 Å². The molecule has 0 saturated carbocycles. The smallest absolute Gasteiger partial charge is 0.0540 e. The van der Waals surface area contributed by atoms with Crippen LogP contribution in [0.1, 0.15) is 0 Å². The van der Waals surface area contributed by atoms with Crippen molar-refractivity contribution in [2.24, 2.45) is 0 Å². The SMILES string of the molecule is c1ccc(-c2ccccc2N(c2ccccc2)c2ccc(-c3ccc4cc5cc(-c6cccc(N(c7ccc8ccccc8c7)c7cccc8ccccc78)c6)ccc5cc4c3)cc2)cc1. The Morgan fingerprint density at radius 1 is 0.197 bits per heavy atom. The van der Waals surface area contributed by atoms with Crippen LogP contribution in [0.2, 0.25) is 0 Å². The van der Waals surface area contributed by atoms with Gasteiger partial charge < -0.3 is 9.80 Å². The molecule has 12 aromatic carbocycles. The molecule has 0 aliphatic rings. The number of anilines is 6. The van der Waals surface area contributed by atoms with Crippen molar-refractivity contribution in [3.05, 3.63) is 267 Å². The lowest BCUT2D eigenvalue weighted by molar-refractivity contribution is 1.28. The first-order valence-corrected chi connectivity index (χ1v) is 22.7. The van der Waals surface area contributed by atoms with E-state index in [1.807, 2.05) is 0 Å². The van der Waals surface area contributed by atoms with Crippen molar-refractivity contribution in [2.45, 2.75) is 0 Å². The Balaban J connectivity index is 0.873. The zero-order valence-electron chi connectivity index (χ0n) is 36.3. The molecule has 0 aliphatic heterocycles. The summed E-state index contributed by atoms with van der Waals surface area (Å²) in [4.78, 5) is 4.76. The monoisotopic (exact) mass is 840 g/mol. The average Bonchev–Trinajstić information content (AvgIpc) is 3.39. The Hall–Kier alpha value is -8.72. The number of rotatable bonds is 9. The van der Waals surface area contributed by atoms with E-state index in [9.17, 15) is 0 Å². The summed E-state index contributed by atoms with van der Waals surface area (Å²) in [6, 6.07) is 96.9. The normalized spacial score (nSPS) is 11.3. The van der Waals surface area contributed by atoms with E-state index >= 15 is 0 Å². The highest BCUT2D eigenvalue weighted by Gasteiger charge is 2.19. The molecule has 0 unspecified atom stereocenters. The zero-order chi connectivity index (χ0) is 43.8. The molecule has 310 valence electrons. The summed E-state index contributed by atoms with van der Waals surface area (Å²) in [7, 11) is 0. The van der Waals surface area contributed by atoms with Gasteiger partial charge in [-0.15, -0.1) is 0 Å². The minimum absolute atomic E-state index is 1.11. The van der Waals surface area contributed by atoms with Gasteiger partial charge in [-0.1, -0.05) is 182 Å². The molecule has 12 rings (SSSR count). The maximum absolute atomic E-state index is 2.41. The van der Waals surface area contributed by atoms with E-state index in [0.29, 0.717) is 0 Å². The maximum atomic E-state index is 2.41. The average molecular weight is 841 g/mol. The fourth-order valence-electron chi connectivity index (χ4n) is 9.67. The Labute approximate surface area is 385 Å². The topological polar surface area (TPSA) is 6.48 Å². The van der Waals surface area contributed by atoms with Gasteiger partial charge in [0.2, 0.25) is 0 Å². The molecular weight excluding hydrogens is 797 g/mol. The van der Waals surface area contributed by atoms with Crippen molar-refractivity contribution in [2.75, 3.05) is 9.80 Å². The van der Waals surface area contributed by atoms with Gasteiger partial charge in [0.1, 0.15) is 0 Å². The molecule has 0 aliphatic carbocycles. The van der Waals surface area contributed by atoms with E-state index < -0.39 is 0 Å². The summed E-state index contributed by atoms with van der Waals surface area (Å²) in [5, 5.41) is 9.77. The minimum Gasteiger partial charge on any atom is -0.310 e. The number of nitrogens with zero attached hydrogens (tertiary/aromatic N) is 2. The third-order valence-electron chi connectivity index (χ3n) is 12.9. The van der Waals surface area contributed by atoms with Gasteiger partial charge in [0.25, 0.3) is 0 Å².